The number of aromatic nitrogens is 1. The predicted molar refractivity (Wildman–Crippen MR) is 51.5 cm³/mol. The molecule has 0 spiro atoms. The minimum absolute atomic E-state index is 0.00314. The van der Waals surface area contributed by atoms with E-state index in [1.54, 1.807) is 0 Å². The van der Waals surface area contributed by atoms with Gasteiger partial charge in [-0.3, -0.25) is 0 Å². The summed E-state index contributed by atoms with van der Waals surface area (Å²) in [5.74, 6) is 0. The Bertz CT molecular complexity index is 315. The molecule has 1 aromatic rings. The first kappa shape index (κ1) is 10.4. The van der Waals surface area contributed by atoms with E-state index in [-0.39, 0.29) is 19.3 Å². The van der Waals surface area contributed by atoms with Crippen LogP contribution in [0.2, 0.25) is 0 Å². The standard InChI is InChI=1S/C9H14N2O4/c12-3-7-5-15-9(10-7)11-1-2-14-6-8(11)4-13/h5,8,12-13H,1-4,6H2. The van der Waals surface area contributed by atoms with Crippen molar-refractivity contribution >= 4 is 6.01 Å². The molecule has 2 rings (SSSR count). The van der Waals surface area contributed by atoms with Crippen LogP contribution in [0.25, 0.3) is 0 Å². The molecular formula is C9H14N2O4. The fourth-order valence-electron chi connectivity index (χ4n) is 1.56. The largest absolute Gasteiger partial charge is 0.432 e. The van der Waals surface area contributed by atoms with Gasteiger partial charge in [0.1, 0.15) is 12.0 Å². The Hall–Kier alpha value is -1.11. The van der Waals surface area contributed by atoms with Gasteiger partial charge >= 0.3 is 0 Å². The first-order valence-corrected chi connectivity index (χ1v) is 4.85. The molecule has 0 radical (unpaired) electrons. The summed E-state index contributed by atoms with van der Waals surface area (Å²) in [6.45, 7) is 1.55. The number of hydrogen-bond acceptors (Lipinski definition) is 6. The van der Waals surface area contributed by atoms with Crippen molar-refractivity contribution in [3.63, 3.8) is 0 Å². The third-order valence-electron chi connectivity index (χ3n) is 2.39. The lowest BCUT2D eigenvalue weighted by Crippen LogP contribution is -2.47. The summed E-state index contributed by atoms with van der Waals surface area (Å²) in [5.41, 5.74) is 0.494. The van der Waals surface area contributed by atoms with Gasteiger partial charge in [-0.25, -0.2) is 0 Å². The van der Waals surface area contributed by atoms with Gasteiger partial charge in [0, 0.05) is 6.54 Å². The van der Waals surface area contributed by atoms with Crippen molar-refractivity contribution in [3.8, 4) is 0 Å². The van der Waals surface area contributed by atoms with Crippen molar-refractivity contribution in [1.82, 2.24) is 4.98 Å². The molecule has 1 saturated heterocycles. The van der Waals surface area contributed by atoms with Crippen LogP contribution in [0.3, 0.4) is 0 Å². The molecule has 1 unspecified atom stereocenters. The maximum Gasteiger partial charge on any atom is 0.297 e. The number of rotatable bonds is 3. The third-order valence-corrected chi connectivity index (χ3v) is 2.39. The summed E-state index contributed by atoms with van der Waals surface area (Å²) in [4.78, 5) is 5.94. The first-order chi connectivity index (χ1) is 7.35. The quantitative estimate of drug-likeness (QED) is 0.697. The topological polar surface area (TPSA) is 79.0 Å². The minimum atomic E-state index is -0.141. The molecule has 1 atom stereocenters. The van der Waals surface area contributed by atoms with Crippen LogP contribution in [0.4, 0.5) is 6.01 Å². The van der Waals surface area contributed by atoms with Crippen LogP contribution in [0.1, 0.15) is 5.69 Å². The van der Waals surface area contributed by atoms with E-state index >= 15 is 0 Å². The number of aliphatic hydroxyl groups is 2. The van der Waals surface area contributed by atoms with E-state index in [0.29, 0.717) is 31.5 Å². The van der Waals surface area contributed by atoms with E-state index in [1.165, 1.54) is 6.26 Å². The van der Waals surface area contributed by atoms with E-state index in [4.69, 9.17) is 19.4 Å². The lowest BCUT2D eigenvalue weighted by Gasteiger charge is -2.32. The number of anilines is 1. The summed E-state index contributed by atoms with van der Waals surface area (Å²) >= 11 is 0. The SMILES string of the molecule is OCc1coc(N2CCOCC2CO)n1. The molecule has 0 saturated carbocycles. The highest BCUT2D eigenvalue weighted by Crippen LogP contribution is 2.18. The minimum Gasteiger partial charge on any atom is -0.432 e. The average molecular weight is 214 g/mol. The van der Waals surface area contributed by atoms with Crippen LogP contribution in [-0.4, -0.2) is 47.6 Å². The zero-order valence-electron chi connectivity index (χ0n) is 8.30. The van der Waals surface area contributed by atoms with E-state index < -0.39 is 0 Å². The number of nitrogens with zero attached hydrogens (tertiary/aromatic N) is 2. The molecule has 84 valence electrons. The van der Waals surface area contributed by atoms with E-state index in [9.17, 15) is 0 Å². The molecule has 6 nitrogen and oxygen atoms in total. The van der Waals surface area contributed by atoms with Crippen LogP contribution < -0.4 is 4.90 Å². The molecule has 1 aromatic heterocycles. The molecule has 1 fully saturated rings. The molecule has 2 N–H and O–H groups in total. The van der Waals surface area contributed by atoms with Crippen molar-refractivity contribution < 1.29 is 19.4 Å². The fourth-order valence-corrected chi connectivity index (χ4v) is 1.56. The van der Waals surface area contributed by atoms with Crippen LogP contribution >= 0.6 is 0 Å². The zero-order chi connectivity index (χ0) is 10.7. The van der Waals surface area contributed by atoms with Crippen molar-refractivity contribution in [2.24, 2.45) is 0 Å². The monoisotopic (exact) mass is 214 g/mol. The van der Waals surface area contributed by atoms with E-state index in [0.717, 1.165) is 0 Å². The van der Waals surface area contributed by atoms with Gasteiger partial charge in [0.25, 0.3) is 6.01 Å². The molecule has 0 aliphatic carbocycles. The second kappa shape index (κ2) is 4.61. The average Bonchev–Trinajstić information content (AvgIpc) is 2.77. The van der Waals surface area contributed by atoms with Gasteiger partial charge in [-0.2, -0.15) is 4.98 Å². The van der Waals surface area contributed by atoms with Gasteiger partial charge in [-0.1, -0.05) is 0 Å². The van der Waals surface area contributed by atoms with Crippen molar-refractivity contribution in [1.29, 1.82) is 0 Å². The summed E-state index contributed by atoms with van der Waals surface area (Å²) in [6.07, 6.45) is 1.42. The Morgan fingerprint density at radius 2 is 2.40 bits per heavy atom. The van der Waals surface area contributed by atoms with Crippen molar-refractivity contribution in [2.75, 3.05) is 31.3 Å². The molecule has 15 heavy (non-hydrogen) atoms. The lowest BCUT2D eigenvalue weighted by atomic mass is 10.2. The summed E-state index contributed by atoms with van der Waals surface area (Å²) in [7, 11) is 0. The van der Waals surface area contributed by atoms with Crippen molar-refractivity contribution in [3.05, 3.63) is 12.0 Å². The molecule has 1 aliphatic heterocycles. The van der Waals surface area contributed by atoms with Gasteiger partial charge in [0.2, 0.25) is 0 Å². The summed E-state index contributed by atoms with van der Waals surface area (Å²) < 4.78 is 10.5. The molecule has 0 amide bonds. The van der Waals surface area contributed by atoms with E-state index in [1.807, 2.05) is 4.90 Å². The fraction of sp³-hybridized carbons (Fsp3) is 0.667. The predicted octanol–water partition coefficient (Wildman–Crippen LogP) is -0.636. The molecule has 1 aliphatic rings. The number of ether oxygens (including phenoxy) is 1. The molecule has 0 aromatic carbocycles. The number of oxazole rings is 1. The summed E-state index contributed by atoms with van der Waals surface area (Å²) in [5, 5.41) is 18.0. The van der Waals surface area contributed by atoms with Gasteiger partial charge < -0.3 is 24.3 Å². The van der Waals surface area contributed by atoms with Gasteiger partial charge in [0.05, 0.1) is 32.5 Å². The molecule has 6 heteroatoms. The van der Waals surface area contributed by atoms with Crippen LogP contribution in [-0.2, 0) is 11.3 Å². The van der Waals surface area contributed by atoms with Gasteiger partial charge in [-0.15, -0.1) is 0 Å². The molecular weight excluding hydrogens is 200 g/mol. The Morgan fingerprint density at radius 3 is 3.07 bits per heavy atom. The van der Waals surface area contributed by atoms with Crippen molar-refractivity contribution in [2.45, 2.75) is 12.6 Å². The highest BCUT2D eigenvalue weighted by atomic mass is 16.5. The molecule has 0 bridgehead atoms. The highest BCUT2D eigenvalue weighted by molar-refractivity contribution is 5.29. The second-order valence-electron chi connectivity index (χ2n) is 3.38. The van der Waals surface area contributed by atoms with Crippen LogP contribution in [0.15, 0.2) is 10.7 Å². The molecule has 2 heterocycles. The normalized spacial score (nSPS) is 22.0. The summed E-state index contributed by atoms with van der Waals surface area (Å²) in [6, 6.07) is 0.311. The Labute approximate surface area is 87.1 Å². The van der Waals surface area contributed by atoms with Gasteiger partial charge in [-0.05, 0) is 0 Å². The number of hydrogen-bond donors (Lipinski definition) is 2. The second-order valence-corrected chi connectivity index (χ2v) is 3.38. The lowest BCUT2D eigenvalue weighted by molar-refractivity contribution is 0.0699. The smallest absolute Gasteiger partial charge is 0.297 e. The maximum atomic E-state index is 9.15. The van der Waals surface area contributed by atoms with Crippen LogP contribution in [0, 0.1) is 0 Å². The Kier molecular flexibility index (Phi) is 3.20. The van der Waals surface area contributed by atoms with E-state index in [2.05, 4.69) is 4.98 Å². The third kappa shape index (κ3) is 2.11. The zero-order valence-corrected chi connectivity index (χ0v) is 8.30. The number of aliphatic hydroxyl groups excluding tert-OH is 2. The maximum absolute atomic E-state index is 9.15. The first-order valence-electron chi connectivity index (χ1n) is 4.85. The van der Waals surface area contributed by atoms with Gasteiger partial charge in [0.15, 0.2) is 0 Å². The number of morpholine rings is 1. The Balaban J connectivity index is 2.12. The Morgan fingerprint density at radius 1 is 1.53 bits per heavy atom. The highest BCUT2D eigenvalue weighted by Gasteiger charge is 2.25. The van der Waals surface area contributed by atoms with Crippen LogP contribution in [0.5, 0.6) is 0 Å².